The van der Waals surface area contributed by atoms with Crippen molar-refractivity contribution in [3.8, 4) is 0 Å². The second-order valence-corrected chi connectivity index (χ2v) is 6.76. The van der Waals surface area contributed by atoms with E-state index in [1.165, 1.54) is 5.56 Å². The number of nitrogens with zero attached hydrogens (tertiary/aromatic N) is 3. The Morgan fingerprint density at radius 2 is 1.92 bits per heavy atom. The molecule has 1 aromatic heterocycles. The summed E-state index contributed by atoms with van der Waals surface area (Å²) in [7, 11) is 0. The molecule has 1 aromatic carbocycles. The third kappa shape index (κ3) is 5.30. The zero-order chi connectivity index (χ0) is 18.2. The van der Waals surface area contributed by atoms with Crippen molar-refractivity contribution in [1.29, 1.82) is 0 Å². The van der Waals surface area contributed by atoms with Crippen LogP contribution in [-0.2, 0) is 6.42 Å². The van der Waals surface area contributed by atoms with Gasteiger partial charge in [0.15, 0.2) is 0 Å². The van der Waals surface area contributed by atoms with Crippen LogP contribution >= 0.6 is 0 Å². The first kappa shape index (κ1) is 18.4. The van der Waals surface area contributed by atoms with Crippen LogP contribution in [-0.4, -0.2) is 47.6 Å². The average molecular weight is 352 g/mol. The summed E-state index contributed by atoms with van der Waals surface area (Å²) < 4.78 is 0. The average Bonchev–Trinajstić information content (AvgIpc) is 2.67. The Labute approximate surface area is 155 Å². The highest BCUT2D eigenvalue weighted by Crippen LogP contribution is 2.11. The highest BCUT2D eigenvalue weighted by Gasteiger charge is 2.18. The topological polar surface area (TPSA) is 52.2 Å². The monoisotopic (exact) mass is 352 g/mol. The van der Waals surface area contributed by atoms with Crippen LogP contribution < -0.4 is 10.5 Å². The van der Waals surface area contributed by atoms with Gasteiger partial charge in [0.25, 0.3) is 5.56 Å². The molecule has 0 spiro atoms. The number of aromatic nitrogens is 2. The van der Waals surface area contributed by atoms with Crippen LogP contribution in [0.15, 0.2) is 47.3 Å². The summed E-state index contributed by atoms with van der Waals surface area (Å²) in [6.07, 6.45) is 7.44. The number of anilines is 1. The van der Waals surface area contributed by atoms with Crippen LogP contribution in [0.3, 0.4) is 0 Å². The summed E-state index contributed by atoms with van der Waals surface area (Å²) in [5.74, 6) is 0.725. The lowest BCUT2D eigenvalue weighted by Gasteiger charge is -2.34. The van der Waals surface area contributed by atoms with Gasteiger partial charge in [-0.1, -0.05) is 55.8 Å². The number of hydrogen-bond acceptors (Lipinski definition) is 4. The number of H-pyrrole nitrogens is 1. The molecule has 0 saturated carbocycles. The van der Waals surface area contributed by atoms with Crippen molar-refractivity contribution in [3.05, 3.63) is 64.1 Å². The number of aryl methyl sites for hydroxylation is 1. The predicted octanol–water partition coefficient (Wildman–Crippen LogP) is 2.95. The number of rotatable bonds is 7. The van der Waals surface area contributed by atoms with Gasteiger partial charge in [0.05, 0.1) is 0 Å². The highest BCUT2D eigenvalue weighted by molar-refractivity contribution is 5.48. The van der Waals surface area contributed by atoms with Gasteiger partial charge < -0.3 is 4.90 Å². The molecule has 1 aliphatic heterocycles. The molecular formula is C21H28N4O. The number of piperazine rings is 1. The van der Waals surface area contributed by atoms with Gasteiger partial charge in [0.2, 0.25) is 5.95 Å². The molecule has 0 aliphatic carbocycles. The Morgan fingerprint density at radius 3 is 2.65 bits per heavy atom. The van der Waals surface area contributed by atoms with E-state index in [0.29, 0.717) is 0 Å². The van der Waals surface area contributed by atoms with Gasteiger partial charge in [-0.2, -0.15) is 0 Å². The van der Waals surface area contributed by atoms with Crippen molar-refractivity contribution < 1.29 is 0 Å². The van der Waals surface area contributed by atoms with Crippen molar-refractivity contribution in [1.82, 2.24) is 14.9 Å². The van der Waals surface area contributed by atoms with E-state index in [2.05, 4.69) is 63.1 Å². The van der Waals surface area contributed by atoms with Gasteiger partial charge in [-0.3, -0.25) is 14.7 Å². The number of benzene rings is 1. The molecule has 1 N–H and O–H groups in total. The molecule has 3 rings (SSSR count). The summed E-state index contributed by atoms with van der Waals surface area (Å²) in [5, 5.41) is 0. The van der Waals surface area contributed by atoms with E-state index in [9.17, 15) is 4.79 Å². The zero-order valence-corrected chi connectivity index (χ0v) is 15.5. The minimum Gasteiger partial charge on any atom is -0.340 e. The number of aromatic amines is 1. The summed E-state index contributed by atoms with van der Waals surface area (Å²) in [4.78, 5) is 24.1. The Morgan fingerprint density at radius 1 is 1.15 bits per heavy atom. The van der Waals surface area contributed by atoms with Crippen LogP contribution in [0.2, 0.25) is 0 Å². The van der Waals surface area contributed by atoms with E-state index in [1.54, 1.807) is 6.07 Å². The molecule has 2 aromatic rings. The lowest BCUT2D eigenvalue weighted by molar-refractivity contribution is 0.283. The van der Waals surface area contributed by atoms with Gasteiger partial charge in [0.1, 0.15) is 0 Å². The normalized spacial score (nSPS) is 15.7. The molecule has 5 nitrogen and oxygen atoms in total. The lowest BCUT2D eigenvalue weighted by atomic mass is 10.2. The van der Waals surface area contributed by atoms with E-state index < -0.39 is 0 Å². The maximum Gasteiger partial charge on any atom is 0.252 e. The zero-order valence-electron chi connectivity index (χ0n) is 15.5. The summed E-state index contributed by atoms with van der Waals surface area (Å²) >= 11 is 0. The van der Waals surface area contributed by atoms with Crippen molar-refractivity contribution in [2.45, 2.75) is 26.2 Å². The number of nitrogens with one attached hydrogen (secondary N) is 1. The molecule has 5 heteroatoms. The number of unbranched alkanes of at least 4 members (excludes halogenated alkanes) is 1. The highest BCUT2D eigenvalue weighted by atomic mass is 16.1. The molecule has 0 bridgehead atoms. The third-order valence-electron chi connectivity index (χ3n) is 4.71. The van der Waals surface area contributed by atoms with E-state index in [0.717, 1.165) is 63.6 Å². The minimum atomic E-state index is -0.0469. The molecule has 26 heavy (non-hydrogen) atoms. The molecule has 2 heterocycles. The van der Waals surface area contributed by atoms with Gasteiger partial charge in [-0.15, -0.1) is 0 Å². The van der Waals surface area contributed by atoms with Gasteiger partial charge >= 0.3 is 0 Å². The fourth-order valence-corrected chi connectivity index (χ4v) is 3.17. The van der Waals surface area contributed by atoms with E-state index >= 15 is 0 Å². The van der Waals surface area contributed by atoms with Crippen LogP contribution in [0.4, 0.5) is 5.95 Å². The molecule has 0 atom stereocenters. The first-order valence-electron chi connectivity index (χ1n) is 9.54. The minimum absolute atomic E-state index is 0.0469. The molecular weight excluding hydrogens is 324 g/mol. The first-order chi connectivity index (χ1) is 12.7. The van der Waals surface area contributed by atoms with Gasteiger partial charge in [-0.05, 0) is 18.4 Å². The van der Waals surface area contributed by atoms with Gasteiger partial charge in [-0.25, -0.2) is 4.98 Å². The van der Waals surface area contributed by atoms with Crippen molar-refractivity contribution in [3.63, 3.8) is 0 Å². The number of hydrogen-bond donors (Lipinski definition) is 1. The van der Waals surface area contributed by atoms with Crippen LogP contribution in [0.25, 0.3) is 6.08 Å². The van der Waals surface area contributed by atoms with E-state index in [1.807, 2.05) is 6.07 Å². The van der Waals surface area contributed by atoms with Gasteiger partial charge in [0, 0.05) is 44.5 Å². The Balaban J connectivity index is 1.52. The summed E-state index contributed by atoms with van der Waals surface area (Å²) in [6, 6.07) is 12.0. The fraction of sp³-hybridized carbons (Fsp3) is 0.429. The Hall–Kier alpha value is -2.40. The van der Waals surface area contributed by atoms with Crippen LogP contribution in [0, 0.1) is 0 Å². The molecule has 1 aliphatic rings. The van der Waals surface area contributed by atoms with Crippen LogP contribution in [0.5, 0.6) is 0 Å². The second kappa shape index (κ2) is 9.34. The first-order valence-corrected chi connectivity index (χ1v) is 9.54. The second-order valence-electron chi connectivity index (χ2n) is 6.76. The fourth-order valence-electron chi connectivity index (χ4n) is 3.17. The largest absolute Gasteiger partial charge is 0.340 e. The lowest BCUT2D eigenvalue weighted by Crippen LogP contribution is -2.47. The molecule has 0 radical (unpaired) electrons. The Bertz CT molecular complexity index is 761. The molecule has 0 unspecified atom stereocenters. The molecule has 0 amide bonds. The molecule has 138 valence electrons. The third-order valence-corrected chi connectivity index (χ3v) is 4.71. The van der Waals surface area contributed by atoms with Crippen LogP contribution in [0.1, 0.15) is 31.0 Å². The summed E-state index contributed by atoms with van der Waals surface area (Å²) in [5.41, 5.74) is 2.09. The van der Waals surface area contributed by atoms with E-state index in [-0.39, 0.29) is 5.56 Å². The SMILES string of the molecule is CCCCc1cc(=O)[nH]c(N2CCN(C/C=C/c3ccccc3)CC2)n1. The molecule has 1 saturated heterocycles. The summed E-state index contributed by atoms with van der Waals surface area (Å²) in [6.45, 7) is 6.82. The van der Waals surface area contributed by atoms with Crippen molar-refractivity contribution in [2.75, 3.05) is 37.6 Å². The maximum atomic E-state index is 11.9. The molecule has 1 fully saturated rings. The van der Waals surface area contributed by atoms with Crippen molar-refractivity contribution in [2.24, 2.45) is 0 Å². The van der Waals surface area contributed by atoms with E-state index in [4.69, 9.17) is 0 Å². The smallest absolute Gasteiger partial charge is 0.252 e. The Kier molecular flexibility index (Phi) is 6.61. The predicted molar refractivity (Wildman–Crippen MR) is 108 cm³/mol. The standard InChI is InChI=1S/C21H28N4O/c1-2-3-11-19-17-20(26)23-21(22-19)25-15-13-24(14-16-25)12-7-10-18-8-5-4-6-9-18/h4-10,17H,2-3,11-16H2,1H3,(H,22,23,26)/b10-7+. The maximum absolute atomic E-state index is 11.9. The van der Waals surface area contributed by atoms with Crippen molar-refractivity contribution >= 4 is 12.0 Å². The quantitative estimate of drug-likeness (QED) is 0.832.